The Labute approximate surface area is 211 Å². The van der Waals surface area contributed by atoms with Crippen molar-refractivity contribution in [2.75, 3.05) is 31.5 Å². The third-order valence-corrected chi connectivity index (χ3v) is 6.02. The number of nitrogens with zero attached hydrogens (tertiary/aromatic N) is 6. The van der Waals surface area contributed by atoms with Crippen molar-refractivity contribution in [1.29, 1.82) is 0 Å². The molecular formula is C25H26F3N7O2. The minimum atomic E-state index is -4.75. The van der Waals surface area contributed by atoms with E-state index in [4.69, 9.17) is 9.51 Å². The SMILES string of the molecule is Cc1cc(-c2nc(-c3ccc(OC(F)(F)F)cc3)no2)nn1Cc1cccc(NCCN2CCCC2)n1. The highest BCUT2D eigenvalue weighted by Gasteiger charge is 2.31. The van der Waals surface area contributed by atoms with Gasteiger partial charge in [-0.15, -0.1) is 13.2 Å². The van der Waals surface area contributed by atoms with Crippen LogP contribution < -0.4 is 10.1 Å². The molecule has 4 heterocycles. The number of rotatable bonds is 9. The number of alkyl halides is 3. The fourth-order valence-corrected chi connectivity index (χ4v) is 4.19. The molecule has 0 spiro atoms. The van der Waals surface area contributed by atoms with Crippen LogP contribution >= 0.6 is 0 Å². The summed E-state index contributed by atoms with van der Waals surface area (Å²) in [5.41, 5.74) is 2.72. The first-order valence-corrected chi connectivity index (χ1v) is 12.0. The molecule has 1 fully saturated rings. The van der Waals surface area contributed by atoms with Crippen LogP contribution in [0.15, 0.2) is 53.1 Å². The van der Waals surface area contributed by atoms with Crippen molar-refractivity contribution in [1.82, 2.24) is 29.8 Å². The number of pyridine rings is 1. The van der Waals surface area contributed by atoms with Crippen LogP contribution in [0.5, 0.6) is 5.75 Å². The Morgan fingerprint density at radius 1 is 1.05 bits per heavy atom. The van der Waals surface area contributed by atoms with Gasteiger partial charge in [0, 0.05) is 24.3 Å². The monoisotopic (exact) mass is 513 g/mol. The maximum absolute atomic E-state index is 12.4. The summed E-state index contributed by atoms with van der Waals surface area (Å²) in [4.78, 5) is 11.5. The summed E-state index contributed by atoms with van der Waals surface area (Å²) in [6.45, 7) is 6.58. The lowest BCUT2D eigenvalue weighted by Gasteiger charge is -2.15. The molecule has 0 atom stereocenters. The molecule has 0 amide bonds. The lowest BCUT2D eigenvalue weighted by molar-refractivity contribution is -0.274. The Balaban J connectivity index is 1.23. The number of hydrogen-bond acceptors (Lipinski definition) is 8. The van der Waals surface area contributed by atoms with Gasteiger partial charge in [-0.1, -0.05) is 11.2 Å². The first kappa shape index (κ1) is 24.8. The van der Waals surface area contributed by atoms with E-state index in [2.05, 4.69) is 30.2 Å². The van der Waals surface area contributed by atoms with Crippen molar-refractivity contribution in [2.45, 2.75) is 32.7 Å². The molecule has 0 radical (unpaired) electrons. The summed E-state index contributed by atoms with van der Waals surface area (Å²) >= 11 is 0. The van der Waals surface area contributed by atoms with E-state index in [9.17, 15) is 13.2 Å². The molecule has 1 N–H and O–H groups in total. The molecule has 0 saturated carbocycles. The first-order chi connectivity index (χ1) is 17.8. The second-order valence-electron chi connectivity index (χ2n) is 8.81. The van der Waals surface area contributed by atoms with E-state index in [1.807, 2.05) is 31.2 Å². The number of likely N-dealkylation sites (tertiary alicyclic amines) is 1. The second-order valence-corrected chi connectivity index (χ2v) is 8.81. The molecule has 3 aromatic heterocycles. The van der Waals surface area contributed by atoms with Gasteiger partial charge in [-0.2, -0.15) is 10.1 Å². The van der Waals surface area contributed by atoms with Gasteiger partial charge in [-0.25, -0.2) is 4.98 Å². The molecule has 1 aliphatic rings. The Bertz CT molecular complexity index is 1330. The fourth-order valence-electron chi connectivity index (χ4n) is 4.19. The van der Waals surface area contributed by atoms with Gasteiger partial charge in [-0.3, -0.25) is 4.68 Å². The quantitative estimate of drug-likeness (QED) is 0.343. The summed E-state index contributed by atoms with van der Waals surface area (Å²) in [7, 11) is 0. The van der Waals surface area contributed by atoms with Gasteiger partial charge in [0.05, 0.1) is 12.2 Å². The predicted molar refractivity (Wildman–Crippen MR) is 130 cm³/mol. The number of benzene rings is 1. The Hall–Kier alpha value is -3.93. The molecule has 0 bridgehead atoms. The van der Waals surface area contributed by atoms with Gasteiger partial charge in [0.1, 0.15) is 11.6 Å². The number of anilines is 1. The number of aromatic nitrogens is 5. The van der Waals surface area contributed by atoms with Gasteiger partial charge < -0.3 is 19.5 Å². The van der Waals surface area contributed by atoms with Crippen molar-refractivity contribution in [3.63, 3.8) is 0 Å². The third-order valence-electron chi connectivity index (χ3n) is 6.02. The van der Waals surface area contributed by atoms with Gasteiger partial charge in [-0.05, 0) is 75.3 Å². The number of aryl methyl sites for hydroxylation is 1. The number of hydrogen-bond donors (Lipinski definition) is 1. The van der Waals surface area contributed by atoms with Crippen molar-refractivity contribution >= 4 is 5.82 Å². The zero-order valence-electron chi connectivity index (χ0n) is 20.2. The Morgan fingerprint density at radius 3 is 2.59 bits per heavy atom. The topological polar surface area (TPSA) is 94.1 Å². The number of nitrogens with one attached hydrogen (secondary N) is 1. The van der Waals surface area contributed by atoms with E-state index in [0.29, 0.717) is 17.8 Å². The smallest absolute Gasteiger partial charge is 0.406 e. The van der Waals surface area contributed by atoms with Crippen molar-refractivity contribution in [2.24, 2.45) is 0 Å². The molecule has 1 aliphatic heterocycles. The molecular weight excluding hydrogens is 487 g/mol. The lowest BCUT2D eigenvalue weighted by atomic mass is 10.2. The molecule has 9 nitrogen and oxygen atoms in total. The summed E-state index contributed by atoms with van der Waals surface area (Å²) < 4.78 is 48.2. The number of ether oxygens (including phenoxy) is 1. The van der Waals surface area contributed by atoms with Crippen LogP contribution in [0, 0.1) is 6.92 Å². The lowest BCUT2D eigenvalue weighted by Crippen LogP contribution is -2.26. The van der Waals surface area contributed by atoms with Gasteiger partial charge in [0.2, 0.25) is 5.82 Å². The standard InChI is InChI=1S/C25H26F3N7O2/c1-17-15-21(24-31-23(33-37-24)18-7-9-20(10-8-18)36-25(26,27)28)32-35(17)16-19-5-4-6-22(30-19)29-11-14-34-12-2-3-13-34/h4-10,15H,2-3,11-14,16H2,1H3,(H,29,30). The molecule has 37 heavy (non-hydrogen) atoms. The normalized spacial score (nSPS) is 14.3. The summed E-state index contributed by atoms with van der Waals surface area (Å²) in [5, 5.41) is 11.9. The highest BCUT2D eigenvalue weighted by molar-refractivity contribution is 5.59. The van der Waals surface area contributed by atoms with Crippen molar-refractivity contribution in [3.8, 4) is 28.7 Å². The van der Waals surface area contributed by atoms with Crippen LogP contribution in [0.4, 0.5) is 19.0 Å². The molecule has 12 heteroatoms. The minimum Gasteiger partial charge on any atom is -0.406 e. The van der Waals surface area contributed by atoms with E-state index in [1.54, 1.807) is 4.68 Å². The van der Waals surface area contributed by atoms with E-state index in [0.717, 1.165) is 30.3 Å². The molecule has 0 unspecified atom stereocenters. The fraction of sp³-hybridized carbons (Fsp3) is 0.360. The van der Waals surface area contributed by atoms with Gasteiger partial charge in [0.15, 0.2) is 5.69 Å². The van der Waals surface area contributed by atoms with Crippen LogP contribution in [0.3, 0.4) is 0 Å². The molecule has 0 aliphatic carbocycles. The van der Waals surface area contributed by atoms with Crippen molar-refractivity contribution in [3.05, 3.63) is 59.9 Å². The molecule has 4 aromatic rings. The molecule has 5 rings (SSSR count). The zero-order chi connectivity index (χ0) is 25.8. The molecule has 194 valence electrons. The van der Waals surface area contributed by atoms with Crippen LogP contribution in [-0.4, -0.2) is 62.3 Å². The molecule has 1 aromatic carbocycles. The maximum Gasteiger partial charge on any atom is 0.573 e. The van der Waals surface area contributed by atoms with E-state index < -0.39 is 6.36 Å². The summed E-state index contributed by atoms with van der Waals surface area (Å²) in [6, 6.07) is 12.9. The maximum atomic E-state index is 12.4. The van der Waals surface area contributed by atoms with Gasteiger partial charge >= 0.3 is 6.36 Å². The average Bonchev–Trinajstić information content (AvgIpc) is 3.61. The van der Waals surface area contributed by atoms with E-state index >= 15 is 0 Å². The third kappa shape index (κ3) is 6.45. The summed E-state index contributed by atoms with van der Waals surface area (Å²) in [6.07, 6.45) is -2.20. The van der Waals surface area contributed by atoms with Crippen LogP contribution in [0.2, 0.25) is 0 Å². The van der Waals surface area contributed by atoms with Gasteiger partial charge in [0.25, 0.3) is 5.89 Å². The second kappa shape index (κ2) is 10.6. The van der Waals surface area contributed by atoms with Crippen LogP contribution in [0.25, 0.3) is 23.0 Å². The first-order valence-electron chi connectivity index (χ1n) is 12.0. The highest BCUT2D eigenvalue weighted by atomic mass is 19.4. The van der Waals surface area contributed by atoms with Crippen molar-refractivity contribution < 1.29 is 22.4 Å². The van der Waals surface area contributed by atoms with Crippen LogP contribution in [0.1, 0.15) is 24.2 Å². The van der Waals surface area contributed by atoms with E-state index in [-0.39, 0.29) is 17.5 Å². The summed E-state index contributed by atoms with van der Waals surface area (Å²) in [5.74, 6) is 0.941. The largest absolute Gasteiger partial charge is 0.573 e. The predicted octanol–water partition coefficient (Wildman–Crippen LogP) is 4.76. The Kier molecular flexibility index (Phi) is 7.08. The zero-order valence-corrected chi connectivity index (χ0v) is 20.2. The highest BCUT2D eigenvalue weighted by Crippen LogP contribution is 2.27. The Morgan fingerprint density at radius 2 is 1.84 bits per heavy atom. The average molecular weight is 514 g/mol. The van der Waals surface area contributed by atoms with Crippen LogP contribution in [-0.2, 0) is 6.54 Å². The minimum absolute atomic E-state index is 0.206. The van der Waals surface area contributed by atoms with E-state index in [1.165, 1.54) is 50.2 Å². The number of halogens is 3. The molecule has 1 saturated heterocycles.